The average molecular weight is 311 g/mol. The van der Waals surface area contributed by atoms with Crippen LogP contribution in [0.5, 0.6) is 0 Å². The van der Waals surface area contributed by atoms with E-state index in [0.717, 1.165) is 33.8 Å². The van der Waals surface area contributed by atoms with Crippen LogP contribution in [0.25, 0.3) is 10.1 Å². The van der Waals surface area contributed by atoms with Gasteiger partial charge in [0, 0.05) is 35.4 Å². The summed E-state index contributed by atoms with van der Waals surface area (Å²) in [6.45, 7) is 3.33. The van der Waals surface area contributed by atoms with Crippen molar-refractivity contribution in [1.82, 2.24) is 15.2 Å². The van der Waals surface area contributed by atoms with E-state index in [4.69, 9.17) is 6.42 Å². The summed E-state index contributed by atoms with van der Waals surface area (Å²) < 4.78 is 1.01. The minimum atomic E-state index is -0.0787. The average Bonchev–Trinajstić information content (AvgIpc) is 3.09. The molecule has 22 heavy (non-hydrogen) atoms. The van der Waals surface area contributed by atoms with Crippen molar-refractivity contribution in [2.45, 2.75) is 18.9 Å². The molecular formula is C17H17N3OS. The number of nitrogens with one attached hydrogen (secondary N) is 1. The molecule has 2 aromatic rings. The maximum atomic E-state index is 12.4. The second-order valence-corrected chi connectivity index (χ2v) is 7.27. The number of carbonyl (C=O) groups excluding carboxylic acids is 1. The molecule has 2 aliphatic rings. The fourth-order valence-corrected chi connectivity index (χ4v) is 4.43. The molecule has 3 atom stereocenters. The minimum absolute atomic E-state index is 0.0787. The number of rotatable bonds is 2. The number of hydrogen-bond donors (Lipinski definition) is 1. The SMILES string of the molecule is C#Cc1cc2cnc(C(=O)NC3CC4CCN(C4)C3)cc2s1. The summed E-state index contributed by atoms with van der Waals surface area (Å²) in [4.78, 5) is 20.0. The molecule has 4 heterocycles. The molecule has 2 saturated heterocycles. The van der Waals surface area contributed by atoms with Gasteiger partial charge in [0.05, 0.1) is 4.88 Å². The first kappa shape index (κ1) is 13.7. The van der Waals surface area contributed by atoms with Crippen molar-refractivity contribution in [1.29, 1.82) is 0 Å². The number of fused-ring (bicyclic) bond motifs is 3. The van der Waals surface area contributed by atoms with Crippen molar-refractivity contribution in [2.24, 2.45) is 5.92 Å². The summed E-state index contributed by atoms with van der Waals surface area (Å²) in [7, 11) is 0. The predicted octanol–water partition coefficient (Wildman–Crippen LogP) is 2.10. The molecule has 112 valence electrons. The van der Waals surface area contributed by atoms with Gasteiger partial charge in [0.15, 0.2) is 0 Å². The van der Waals surface area contributed by atoms with Crippen molar-refractivity contribution in [2.75, 3.05) is 19.6 Å². The normalized spacial score (nSPS) is 26.8. The minimum Gasteiger partial charge on any atom is -0.347 e. The highest BCUT2D eigenvalue weighted by Crippen LogP contribution is 2.27. The standard InChI is InChI=1S/C17H17N3OS/c1-2-14-6-12-8-18-15(7-16(12)22-14)17(21)19-13-5-11-3-4-20(9-11)10-13/h1,6-8,11,13H,3-5,9-10H2,(H,19,21). The number of amides is 1. The topological polar surface area (TPSA) is 45.2 Å². The highest BCUT2D eigenvalue weighted by molar-refractivity contribution is 7.19. The molecule has 2 fully saturated rings. The molecule has 2 aromatic heterocycles. The van der Waals surface area contributed by atoms with Crippen LogP contribution in [0.15, 0.2) is 18.3 Å². The molecular weight excluding hydrogens is 294 g/mol. The van der Waals surface area contributed by atoms with Crippen LogP contribution in [0.1, 0.15) is 28.2 Å². The monoisotopic (exact) mass is 311 g/mol. The zero-order valence-corrected chi connectivity index (χ0v) is 13.0. The molecule has 2 aliphatic heterocycles. The molecule has 1 amide bonds. The Labute approximate surface area is 133 Å². The van der Waals surface area contributed by atoms with Crippen LogP contribution in [0.2, 0.25) is 0 Å². The lowest BCUT2D eigenvalue weighted by Crippen LogP contribution is -2.47. The van der Waals surface area contributed by atoms with Crippen LogP contribution in [0.3, 0.4) is 0 Å². The Morgan fingerprint density at radius 1 is 1.45 bits per heavy atom. The zero-order chi connectivity index (χ0) is 15.1. The van der Waals surface area contributed by atoms with Crippen LogP contribution >= 0.6 is 11.3 Å². The number of carbonyl (C=O) groups is 1. The van der Waals surface area contributed by atoms with Gasteiger partial charge in [-0.05, 0) is 37.4 Å². The summed E-state index contributed by atoms with van der Waals surface area (Å²) in [5.41, 5.74) is 0.478. The van der Waals surface area contributed by atoms with E-state index in [0.29, 0.717) is 5.69 Å². The smallest absolute Gasteiger partial charge is 0.270 e. The summed E-state index contributed by atoms with van der Waals surface area (Å²) >= 11 is 1.52. The number of hydrogen-bond acceptors (Lipinski definition) is 4. The van der Waals surface area contributed by atoms with Crippen molar-refractivity contribution in [3.63, 3.8) is 0 Å². The van der Waals surface area contributed by atoms with Crippen molar-refractivity contribution < 1.29 is 4.79 Å². The van der Waals surface area contributed by atoms with Gasteiger partial charge in [-0.15, -0.1) is 17.8 Å². The van der Waals surface area contributed by atoms with Crippen LogP contribution in [-0.4, -0.2) is 41.5 Å². The summed E-state index contributed by atoms with van der Waals surface area (Å²) in [6.07, 6.45) is 9.51. The Bertz CT molecular complexity index is 764. The first-order valence-electron chi connectivity index (χ1n) is 7.60. The quantitative estimate of drug-likeness (QED) is 0.864. The predicted molar refractivity (Wildman–Crippen MR) is 88.0 cm³/mol. The largest absolute Gasteiger partial charge is 0.347 e. The van der Waals surface area contributed by atoms with Gasteiger partial charge in [0.25, 0.3) is 5.91 Å². The number of nitrogens with zero attached hydrogens (tertiary/aromatic N) is 2. The second-order valence-electron chi connectivity index (χ2n) is 6.18. The van der Waals surface area contributed by atoms with E-state index < -0.39 is 0 Å². The fraction of sp³-hybridized carbons (Fsp3) is 0.412. The Morgan fingerprint density at radius 2 is 2.36 bits per heavy atom. The van der Waals surface area contributed by atoms with E-state index in [1.807, 2.05) is 12.1 Å². The fourth-order valence-electron chi connectivity index (χ4n) is 3.55. The number of piperidine rings is 1. The van der Waals surface area contributed by atoms with Crippen LogP contribution in [0.4, 0.5) is 0 Å². The summed E-state index contributed by atoms with van der Waals surface area (Å²) in [5, 5.41) is 4.14. The molecule has 4 nitrogen and oxygen atoms in total. The molecule has 2 bridgehead atoms. The highest BCUT2D eigenvalue weighted by Gasteiger charge is 2.33. The third-order valence-electron chi connectivity index (χ3n) is 4.58. The van der Waals surface area contributed by atoms with Gasteiger partial charge in [-0.2, -0.15) is 0 Å². The van der Waals surface area contributed by atoms with E-state index in [9.17, 15) is 4.79 Å². The summed E-state index contributed by atoms with van der Waals surface area (Å²) in [5.74, 6) is 3.29. The lowest BCUT2D eigenvalue weighted by Gasteiger charge is -2.30. The molecule has 1 N–H and O–H groups in total. The lowest BCUT2D eigenvalue weighted by molar-refractivity contribution is 0.0904. The molecule has 0 aromatic carbocycles. The van der Waals surface area contributed by atoms with Crippen molar-refractivity contribution in [3.05, 3.63) is 28.9 Å². The lowest BCUT2D eigenvalue weighted by atomic mass is 9.97. The molecule has 0 saturated carbocycles. The summed E-state index contributed by atoms with van der Waals surface area (Å²) in [6, 6.07) is 4.02. The van der Waals surface area contributed by atoms with E-state index >= 15 is 0 Å². The number of aromatic nitrogens is 1. The Hall–Kier alpha value is -1.90. The van der Waals surface area contributed by atoms with Crippen LogP contribution in [0, 0.1) is 18.3 Å². The number of terminal acetylenes is 1. The molecule has 0 aliphatic carbocycles. The van der Waals surface area contributed by atoms with Crippen molar-refractivity contribution >= 4 is 27.3 Å². The molecule has 3 unspecified atom stereocenters. The van der Waals surface area contributed by atoms with E-state index in [-0.39, 0.29) is 11.9 Å². The van der Waals surface area contributed by atoms with Crippen molar-refractivity contribution in [3.8, 4) is 12.3 Å². The Balaban J connectivity index is 1.51. The van der Waals surface area contributed by atoms with Crippen LogP contribution in [-0.2, 0) is 0 Å². The second kappa shape index (κ2) is 5.38. The number of thiophene rings is 1. The van der Waals surface area contributed by atoms with Gasteiger partial charge in [-0.25, -0.2) is 0 Å². The first-order chi connectivity index (χ1) is 10.7. The molecule has 0 radical (unpaired) electrons. The number of pyridine rings is 1. The van der Waals surface area contributed by atoms with Gasteiger partial charge >= 0.3 is 0 Å². The highest BCUT2D eigenvalue weighted by atomic mass is 32.1. The molecule has 0 spiro atoms. The van der Waals surface area contributed by atoms with Crippen LogP contribution < -0.4 is 5.32 Å². The van der Waals surface area contributed by atoms with E-state index in [1.54, 1.807) is 6.20 Å². The van der Waals surface area contributed by atoms with E-state index in [2.05, 4.69) is 21.1 Å². The third-order valence-corrected chi connectivity index (χ3v) is 5.61. The maximum absolute atomic E-state index is 12.4. The Kier molecular flexibility index (Phi) is 3.36. The van der Waals surface area contributed by atoms with Gasteiger partial charge in [-0.3, -0.25) is 9.78 Å². The van der Waals surface area contributed by atoms with Gasteiger partial charge in [-0.1, -0.05) is 5.92 Å². The van der Waals surface area contributed by atoms with Gasteiger partial charge in [0.2, 0.25) is 0 Å². The van der Waals surface area contributed by atoms with Gasteiger partial charge in [0.1, 0.15) is 5.69 Å². The third kappa shape index (κ3) is 2.49. The molecule has 4 rings (SSSR count). The van der Waals surface area contributed by atoms with Gasteiger partial charge < -0.3 is 10.2 Å². The first-order valence-corrected chi connectivity index (χ1v) is 8.42. The Morgan fingerprint density at radius 3 is 3.18 bits per heavy atom. The molecule has 5 heteroatoms. The maximum Gasteiger partial charge on any atom is 0.270 e. The van der Waals surface area contributed by atoms with E-state index in [1.165, 1.54) is 30.8 Å². The zero-order valence-electron chi connectivity index (χ0n) is 12.2.